The summed E-state index contributed by atoms with van der Waals surface area (Å²) < 4.78 is 0. The van der Waals surface area contributed by atoms with Crippen molar-refractivity contribution in [1.29, 1.82) is 0 Å². The Balaban J connectivity index is 1.37. The largest absolute Gasteiger partial charge is 0.345 e. The van der Waals surface area contributed by atoms with E-state index < -0.39 is 11.6 Å². The minimum Gasteiger partial charge on any atom is -0.345 e. The zero-order chi connectivity index (χ0) is 19.0. The summed E-state index contributed by atoms with van der Waals surface area (Å²) in [7, 11) is 0. The fourth-order valence-electron chi connectivity index (χ4n) is 4.39. The fourth-order valence-corrected chi connectivity index (χ4v) is 5.09. The molecule has 4 amide bonds. The van der Waals surface area contributed by atoms with Gasteiger partial charge in [-0.3, -0.25) is 14.5 Å². The van der Waals surface area contributed by atoms with E-state index in [1.54, 1.807) is 22.4 Å². The predicted octanol–water partition coefficient (Wildman–Crippen LogP) is 1.29. The van der Waals surface area contributed by atoms with Crippen LogP contribution in [0.3, 0.4) is 0 Å². The molecule has 27 heavy (non-hydrogen) atoms. The number of anilines is 1. The van der Waals surface area contributed by atoms with Crippen LogP contribution in [-0.4, -0.2) is 70.9 Å². The second kappa shape index (κ2) is 7.10. The molecule has 2 saturated heterocycles. The van der Waals surface area contributed by atoms with Crippen LogP contribution in [0.2, 0.25) is 0 Å². The number of carbonyl (C=O) groups is 3. The fraction of sp³-hybridized carbons (Fsp3) is 0.667. The van der Waals surface area contributed by atoms with E-state index in [2.05, 4.69) is 15.2 Å². The Bertz CT molecular complexity index is 731. The number of aromatic nitrogens is 1. The Morgan fingerprint density at radius 1 is 1.30 bits per heavy atom. The van der Waals surface area contributed by atoms with E-state index in [1.165, 1.54) is 0 Å². The quantitative estimate of drug-likeness (QED) is 0.785. The van der Waals surface area contributed by atoms with Crippen LogP contribution in [0.15, 0.2) is 11.6 Å². The first-order chi connectivity index (χ1) is 13.0. The highest BCUT2D eigenvalue weighted by atomic mass is 32.1. The Kier molecular flexibility index (Phi) is 4.79. The van der Waals surface area contributed by atoms with Crippen molar-refractivity contribution in [3.63, 3.8) is 0 Å². The molecule has 1 aliphatic carbocycles. The molecular weight excluding hydrogens is 366 g/mol. The first-order valence-corrected chi connectivity index (χ1v) is 10.5. The van der Waals surface area contributed by atoms with Gasteiger partial charge in [0.1, 0.15) is 12.1 Å². The number of imide groups is 1. The zero-order valence-electron chi connectivity index (χ0n) is 15.5. The monoisotopic (exact) mass is 391 g/mol. The molecule has 146 valence electrons. The number of urea groups is 1. The summed E-state index contributed by atoms with van der Waals surface area (Å²) in [5, 5.41) is 5.80. The molecule has 1 N–H and O–H groups in total. The van der Waals surface area contributed by atoms with E-state index in [0.29, 0.717) is 32.6 Å². The molecule has 0 aromatic carbocycles. The smallest absolute Gasteiger partial charge is 0.325 e. The van der Waals surface area contributed by atoms with Crippen molar-refractivity contribution < 1.29 is 14.4 Å². The van der Waals surface area contributed by atoms with Gasteiger partial charge in [0.2, 0.25) is 5.91 Å². The van der Waals surface area contributed by atoms with Gasteiger partial charge in [-0.05, 0) is 18.8 Å². The molecule has 9 heteroatoms. The lowest BCUT2D eigenvalue weighted by molar-refractivity contribution is -0.140. The summed E-state index contributed by atoms with van der Waals surface area (Å²) in [5.74, 6) is -0.295. The van der Waals surface area contributed by atoms with E-state index in [-0.39, 0.29) is 24.3 Å². The van der Waals surface area contributed by atoms with Gasteiger partial charge >= 0.3 is 6.03 Å². The molecule has 1 spiro atoms. The first kappa shape index (κ1) is 18.2. The number of carbonyl (C=O) groups excluding carboxylic acids is 3. The van der Waals surface area contributed by atoms with Crippen LogP contribution in [-0.2, 0) is 9.59 Å². The number of hydrogen-bond donors (Lipinski definition) is 1. The van der Waals surface area contributed by atoms with Gasteiger partial charge in [-0.15, -0.1) is 11.3 Å². The van der Waals surface area contributed by atoms with Gasteiger partial charge in [0.25, 0.3) is 5.91 Å². The van der Waals surface area contributed by atoms with E-state index in [0.717, 1.165) is 29.3 Å². The van der Waals surface area contributed by atoms with Crippen molar-refractivity contribution in [2.24, 2.45) is 5.92 Å². The molecule has 1 aromatic heterocycles. The lowest BCUT2D eigenvalue weighted by atomic mass is 9.73. The van der Waals surface area contributed by atoms with Crippen molar-refractivity contribution in [1.82, 2.24) is 20.1 Å². The molecule has 1 aromatic rings. The zero-order valence-corrected chi connectivity index (χ0v) is 16.3. The van der Waals surface area contributed by atoms with E-state index in [9.17, 15) is 14.4 Å². The molecule has 0 radical (unpaired) electrons. The van der Waals surface area contributed by atoms with Gasteiger partial charge in [-0.25, -0.2) is 9.78 Å². The predicted molar refractivity (Wildman–Crippen MR) is 102 cm³/mol. The number of amides is 4. The average Bonchev–Trinajstić information content (AvgIpc) is 3.28. The Morgan fingerprint density at radius 2 is 2.07 bits per heavy atom. The summed E-state index contributed by atoms with van der Waals surface area (Å²) in [4.78, 5) is 47.5. The maximum Gasteiger partial charge on any atom is 0.325 e. The third-order valence-corrected chi connectivity index (χ3v) is 6.95. The van der Waals surface area contributed by atoms with E-state index >= 15 is 0 Å². The second-order valence-electron chi connectivity index (χ2n) is 7.62. The van der Waals surface area contributed by atoms with Crippen molar-refractivity contribution in [2.45, 2.75) is 38.1 Å². The topological polar surface area (TPSA) is 85.8 Å². The maximum atomic E-state index is 13.0. The third-order valence-electron chi connectivity index (χ3n) is 6.12. The minimum absolute atomic E-state index is 0.102. The average molecular weight is 391 g/mol. The van der Waals surface area contributed by atoms with Crippen LogP contribution in [0.5, 0.6) is 0 Å². The first-order valence-electron chi connectivity index (χ1n) is 9.57. The Hall–Kier alpha value is -2.16. The number of thiazole rings is 1. The van der Waals surface area contributed by atoms with Crippen molar-refractivity contribution in [3.8, 4) is 0 Å². The van der Waals surface area contributed by atoms with Crippen LogP contribution in [0.25, 0.3) is 0 Å². The van der Waals surface area contributed by atoms with Gasteiger partial charge < -0.3 is 15.1 Å². The van der Waals surface area contributed by atoms with Gasteiger partial charge in [0.05, 0.1) is 0 Å². The second-order valence-corrected chi connectivity index (χ2v) is 8.50. The maximum absolute atomic E-state index is 13.0. The summed E-state index contributed by atoms with van der Waals surface area (Å²) >= 11 is 1.58. The highest BCUT2D eigenvalue weighted by Gasteiger charge is 2.55. The summed E-state index contributed by atoms with van der Waals surface area (Å²) in [6, 6.07) is -0.427. The molecule has 3 fully saturated rings. The number of nitrogens with one attached hydrogen (secondary N) is 1. The van der Waals surface area contributed by atoms with Crippen LogP contribution in [0.1, 0.15) is 32.6 Å². The molecule has 3 heterocycles. The van der Waals surface area contributed by atoms with Gasteiger partial charge in [-0.2, -0.15) is 0 Å². The van der Waals surface area contributed by atoms with E-state index in [4.69, 9.17) is 0 Å². The third kappa shape index (κ3) is 3.18. The van der Waals surface area contributed by atoms with Crippen molar-refractivity contribution in [3.05, 3.63) is 11.6 Å². The summed E-state index contributed by atoms with van der Waals surface area (Å²) in [6.45, 7) is 4.41. The molecule has 1 saturated carbocycles. The number of hydrogen-bond acceptors (Lipinski definition) is 6. The van der Waals surface area contributed by atoms with Gasteiger partial charge in [0, 0.05) is 37.8 Å². The lowest BCUT2D eigenvalue weighted by Gasteiger charge is -2.37. The molecule has 2 atom stereocenters. The number of piperazine rings is 1. The Labute approximate surface area is 162 Å². The highest BCUT2D eigenvalue weighted by molar-refractivity contribution is 7.13. The molecule has 2 aliphatic heterocycles. The molecule has 2 unspecified atom stereocenters. The van der Waals surface area contributed by atoms with Gasteiger partial charge in [0.15, 0.2) is 5.13 Å². The molecule has 3 aliphatic rings. The van der Waals surface area contributed by atoms with E-state index in [1.807, 2.05) is 12.3 Å². The summed E-state index contributed by atoms with van der Waals surface area (Å²) in [6.07, 6.45) is 5.37. The van der Waals surface area contributed by atoms with Crippen molar-refractivity contribution >= 4 is 34.3 Å². The van der Waals surface area contributed by atoms with Crippen LogP contribution in [0.4, 0.5) is 9.93 Å². The molecule has 4 rings (SSSR count). The molecule has 0 bridgehead atoms. The van der Waals surface area contributed by atoms with Crippen LogP contribution in [0, 0.1) is 5.92 Å². The summed E-state index contributed by atoms with van der Waals surface area (Å²) in [5.41, 5.74) is -0.806. The van der Waals surface area contributed by atoms with Crippen LogP contribution < -0.4 is 10.2 Å². The Morgan fingerprint density at radius 3 is 2.74 bits per heavy atom. The SMILES string of the molecule is CC1CCCCC12NC(=O)N(CC(=O)N1CCN(c3nccs3)CC1)C2=O. The normalized spacial score (nSPS) is 28.8. The minimum atomic E-state index is -0.806. The molecular formula is C18H25N5O3S. The van der Waals surface area contributed by atoms with Crippen LogP contribution >= 0.6 is 11.3 Å². The molecule has 8 nitrogen and oxygen atoms in total. The standard InChI is InChI=1S/C18H25N5O3S/c1-13-4-2-3-5-18(13)15(25)23(16(26)20-18)12-14(24)21-7-9-22(10-8-21)17-19-6-11-27-17/h6,11,13H,2-5,7-10,12H2,1H3,(H,20,26). The van der Waals surface area contributed by atoms with Gasteiger partial charge in [-0.1, -0.05) is 19.8 Å². The lowest BCUT2D eigenvalue weighted by Crippen LogP contribution is -2.54. The highest BCUT2D eigenvalue weighted by Crippen LogP contribution is 2.38. The number of nitrogens with zero attached hydrogens (tertiary/aromatic N) is 4. The number of rotatable bonds is 3. The van der Waals surface area contributed by atoms with Crippen molar-refractivity contribution in [2.75, 3.05) is 37.6 Å².